The van der Waals surface area contributed by atoms with E-state index >= 15 is 0 Å². The van der Waals surface area contributed by atoms with Crippen molar-refractivity contribution in [2.75, 3.05) is 19.8 Å². The molecule has 1 heterocycles. The summed E-state index contributed by atoms with van der Waals surface area (Å²) in [4.78, 5) is 11.9. The van der Waals surface area contributed by atoms with Gasteiger partial charge in [-0.25, -0.2) is 0 Å². The summed E-state index contributed by atoms with van der Waals surface area (Å²) in [5, 5.41) is -4.70. The number of hydrogen-bond donors (Lipinski definition) is 1. The standard InChI is InChI=1S/C18H24F6O7S/c19-15(20)8-30-18(31-9-16(15,21)22)12-3-1-2-11(6-12)7-13(18)4-5-14(25)29-10-17(23,24)32(26,27)28/h11-13H,1-10H2,(H,26,27,28). The number of hydrogen-bond acceptors (Lipinski definition) is 6. The zero-order valence-electron chi connectivity index (χ0n) is 16.9. The topological polar surface area (TPSA) is 99.1 Å². The monoisotopic (exact) mass is 498 g/mol. The lowest BCUT2D eigenvalue weighted by molar-refractivity contribution is -0.317. The number of halogens is 6. The van der Waals surface area contributed by atoms with Crippen molar-refractivity contribution in [3.05, 3.63) is 0 Å². The molecule has 2 saturated carbocycles. The molecule has 1 saturated heterocycles. The lowest BCUT2D eigenvalue weighted by Gasteiger charge is -2.52. The second-order valence-electron chi connectivity index (χ2n) is 8.68. The van der Waals surface area contributed by atoms with Crippen molar-refractivity contribution in [2.24, 2.45) is 17.8 Å². The molecule has 0 aromatic rings. The first-order valence-electron chi connectivity index (χ1n) is 10.1. The van der Waals surface area contributed by atoms with Gasteiger partial charge in [0.1, 0.15) is 13.2 Å². The van der Waals surface area contributed by atoms with Crippen LogP contribution in [-0.2, 0) is 29.1 Å². The third-order valence-electron chi connectivity index (χ3n) is 6.51. The molecule has 1 spiro atoms. The summed E-state index contributed by atoms with van der Waals surface area (Å²) >= 11 is 0. The van der Waals surface area contributed by atoms with Gasteiger partial charge in [-0.15, -0.1) is 0 Å². The van der Waals surface area contributed by atoms with Gasteiger partial charge >= 0.3 is 33.2 Å². The minimum Gasteiger partial charge on any atom is -0.458 e. The normalized spacial score (nSPS) is 31.7. The van der Waals surface area contributed by atoms with E-state index in [0.717, 1.165) is 12.8 Å². The van der Waals surface area contributed by atoms with E-state index in [1.54, 1.807) is 0 Å². The molecule has 0 aromatic heterocycles. The number of alkyl halides is 6. The summed E-state index contributed by atoms with van der Waals surface area (Å²) in [6.45, 7) is -5.04. The molecule has 14 heteroatoms. The molecule has 1 N–H and O–H groups in total. The number of ether oxygens (including phenoxy) is 3. The van der Waals surface area contributed by atoms with E-state index in [9.17, 15) is 39.6 Å². The molecule has 3 fully saturated rings. The maximum atomic E-state index is 13.9. The minimum atomic E-state index is -5.78. The van der Waals surface area contributed by atoms with E-state index in [1.165, 1.54) is 0 Å². The number of carbonyl (C=O) groups is 1. The molecular formula is C18H24F6O7S. The molecule has 3 atom stereocenters. The lowest BCUT2D eigenvalue weighted by atomic mass is 9.63. The van der Waals surface area contributed by atoms with E-state index in [4.69, 9.17) is 14.0 Å². The predicted octanol–water partition coefficient (Wildman–Crippen LogP) is 3.63. The summed E-state index contributed by atoms with van der Waals surface area (Å²) < 4.78 is 126. The van der Waals surface area contributed by atoms with Crippen LogP contribution in [0.5, 0.6) is 0 Å². The van der Waals surface area contributed by atoms with Gasteiger partial charge in [0.25, 0.3) is 0 Å². The van der Waals surface area contributed by atoms with Gasteiger partial charge in [0.05, 0.1) is 0 Å². The van der Waals surface area contributed by atoms with Crippen molar-refractivity contribution in [1.29, 1.82) is 0 Å². The van der Waals surface area contributed by atoms with Crippen molar-refractivity contribution in [3.63, 3.8) is 0 Å². The minimum absolute atomic E-state index is 0.140. The Labute approximate surface area is 180 Å². The molecule has 2 aliphatic carbocycles. The van der Waals surface area contributed by atoms with Crippen LogP contribution in [-0.4, -0.2) is 61.6 Å². The van der Waals surface area contributed by atoms with Crippen molar-refractivity contribution in [3.8, 4) is 0 Å². The van der Waals surface area contributed by atoms with Gasteiger partial charge in [0.2, 0.25) is 0 Å². The van der Waals surface area contributed by atoms with Crippen LogP contribution in [0.25, 0.3) is 0 Å². The first-order valence-corrected chi connectivity index (χ1v) is 11.6. The molecule has 2 bridgehead atoms. The molecule has 0 radical (unpaired) electrons. The van der Waals surface area contributed by atoms with Crippen molar-refractivity contribution >= 4 is 16.1 Å². The smallest absolute Gasteiger partial charge is 0.402 e. The highest BCUT2D eigenvalue weighted by molar-refractivity contribution is 7.86. The zero-order chi connectivity index (χ0) is 24.0. The highest BCUT2D eigenvalue weighted by Gasteiger charge is 2.64. The molecule has 7 nitrogen and oxygen atoms in total. The second kappa shape index (κ2) is 8.58. The first kappa shape index (κ1) is 25.5. The Kier molecular flexibility index (Phi) is 6.84. The average molecular weight is 498 g/mol. The zero-order valence-corrected chi connectivity index (χ0v) is 17.7. The third kappa shape index (κ3) is 4.87. The van der Waals surface area contributed by atoms with Gasteiger partial charge in [-0.05, 0) is 31.6 Å². The summed E-state index contributed by atoms with van der Waals surface area (Å²) in [7, 11) is -5.78. The summed E-state index contributed by atoms with van der Waals surface area (Å²) in [5.74, 6) is -13.0. The number of esters is 1. The van der Waals surface area contributed by atoms with Gasteiger partial charge in [-0.1, -0.05) is 12.8 Å². The van der Waals surface area contributed by atoms with Crippen LogP contribution in [0.4, 0.5) is 26.3 Å². The van der Waals surface area contributed by atoms with Crippen LogP contribution in [0.3, 0.4) is 0 Å². The van der Waals surface area contributed by atoms with Gasteiger partial charge in [0, 0.05) is 18.3 Å². The Morgan fingerprint density at radius 2 is 1.66 bits per heavy atom. The maximum Gasteiger partial charge on any atom is 0.402 e. The molecule has 1 aliphatic heterocycles. The van der Waals surface area contributed by atoms with Gasteiger partial charge in [-0.2, -0.15) is 34.8 Å². The Morgan fingerprint density at radius 3 is 2.22 bits per heavy atom. The van der Waals surface area contributed by atoms with E-state index < -0.39 is 77.1 Å². The van der Waals surface area contributed by atoms with E-state index in [-0.39, 0.29) is 12.3 Å². The summed E-state index contributed by atoms with van der Waals surface area (Å²) in [5.41, 5.74) is 0. The molecule has 0 amide bonds. The van der Waals surface area contributed by atoms with Gasteiger partial charge in [0.15, 0.2) is 12.4 Å². The fourth-order valence-electron chi connectivity index (χ4n) is 4.82. The Hall–Kier alpha value is -1.12. The lowest BCUT2D eigenvalue weighted by Crippen LogP contribution is -2.55. The molecule has 32 heavy (non-hydrogen) atoms. The fraction of sp³-hybridized carbons (Fsp3) is 0.944. The van der Waals surface area contributed by atoms with Crippen LogP contribution in [0.1, 0.15) is 44.9 Å². The quantitative estimate of drug-likeness (QED) is 0.339. The predicted molar refractivity (Wildman–Crippen MR) is 94.8 cm³/mol. The largest absolute Gasteiger partial charge is 0.458 e. The van der Waals surface area contributed by atoms with Crippen LogP contribution < -0.4 is 0 Å². The molecule has 3 unspecified atom stereocenters. The SMILES string of the molecule is O=C(CCC1CC2CCCC(C2)C12OCC(F)(F)C(F)(F)CO2)OCC(F)(F)S(=O)(=O)O. The molecule has 3 aliphatic rings. The van der Waals surface area contributed by atoms with Crippen molar-refractivity contribution in [1.82, 2.24) is 0 Å². The highest BCUT2D eigenvalue weighted by Crippen LogP contribution is 2.55. The van der Waals surface area contributed by atoms with Crippen LogP contribution in [0, 0.1) is 17.8 Å². The summed E-state index contributed by atoms with van der Waals surface area (Å²) in [6.07, 6.45) is 2.22. The molecule has 186 valence electrons. The fourth-order valence-corrected chi connectivity index (χ4v) is 5.03. The van der Waals surface area contributed by atoms with Crippen LogP contribution in [0.15, 0.2) is 0 Å². The van der Waals surface area contributed by atoms with Crippen LogP contribution in [0.2, 0.25) is 0 Å². The molecular weight excluding hydrogens is 474 g/mol. The van der Waals surface area contributed by atoms with Crippen LogP contribution >= 0.6 is 0 Å². The highest BCUT2D eigenvalue weighted by atomic mass is 32.2. The Balaban J connectivity index is 1.72. The Bertz CT molecular complexity index is 801. The molecule has 0 aromatic carbocycles. The Morgan fingerprint density at radius 1 is 1.06 bits per heavy atom. The number of carbonyl (C=O) groups excluding carboxylic acids is 1. The number of rotatable bonds is 6. The van der Waals surface area contributed by atoms with Crippen molar-refractivity contribution < 1.29 is 58.3 Å². The first-order chi connectivity index (χ1) is 14.6. The molecule has 3 rings (SSSR count). The maximum absolute atomic E-state index is 13.9. The second-order valence-corrected chi connectivity index (χ2v) is 10.2. The van der Waals surface area contributed by atoms with Crippen molar-refractivity contribution in [2.45, 2.75) is 67.8 Å². The van der Waals surface area contributed by atoms with Gasteiger partial charge in [-0.3, -0.25) is 9.35 Å². The van der Waals surface area contributed by atoms with E-state index in [0.29, 0.717) is 19.3 Å². The van der Waals surface area contributed by atoms with E-state index in [2.05, 4.69) is 4.74 Å². The van der Waals surface area contributed by atoms with E-state index in [1.807, 2.05) is 0 Å². The third-order valence-corrected chi connectivity index (χ3v) is 7.38. The summed E-state index contributed by atoms with van der Waals surface area (Å²) in [6, 6.07) is 0. The van der Waals surface area contributed by atoms with Gasteiger partial charge < -0.3 is 14.2 Å². The average Bonchev–Trinajstić information content (AvgIpc) is 2.77. The number of fused-ring (bicyclic) bond motifs is 3.